The number of rotatable bonds is 3. The molecular weight excluding hydrogens is 412 g/mol. The summed E-state index contributed by atoms with van der Waals surface area (Å²) in [6, 6.07) is 36.3. The number of fused-ring (bicyclic) bond motifs is 3. The van der Waals surface area contributed by atoms with Crippen molar-refractivity contribution in [3.63, 3.8) is 0 Å². The molecule has 0 amide bonds. The maximum Gasteiger partial charge on any atom is 0.0974 e. The van der Waals surface area contributed by atoms with Gasteiger partial charge in [-0.05, 0) is 77.6 Å². The number of hydrogen-bond acceptors (Lipinski definition) is 2. The van der Waals surface area contributed by atoms with Crippen molar-refractivity contribution in [2.45, 2.75) is 13.8 Å². The number of nitrogens with zero attached hydrogens (tertiary/aromatic N) is 2. The van der Waals surface area contributed by atoms with Gasteiger partial charge in [0.1, 0.15) is 0 Å². The third-order valence-electron chi connectivity index (χ3n) is 6.74. The minimum Gasteiger partial charge on any atom is -0.254 e. The summed E-state index contributed by atoms with van der Waals surface area (Å²) in [5.41, 5.74) is 11.3. The molecule has 0 bridgehead atoms. The molecule has 0 aliphatic heterocycles. The average molecular weight is 437 g/mol. The fraction of sp³-hybridized carbons (Fsp3) is 0.0625. The van der Waals surface area contributed by atoms with Crippen LogP contribution in [0.2, 0.25) is 0 Å². The van der Waals surface area contributed by atoms with Crippen LogP contribution in [0.1, 0.15) is 11.1 Å². The van der Waals surface area contributed by atoms with Gasteiger partial charge < -0.3 is 0 Å². The summed E-state index contributed by atoms with van der Waals surface area (Å²) in [6.45, 7) is 4.34. The Hall–Kier alpha value is -4.30. The summed E-state index contributed by atoms with van der Waals surface area (Å²) in [6.07, 6.45) is 1.86. The van der Waals surface area contributed by atoms with Gasteiger partial charge in [-0.2, -0.15) is 0 Å². The first-order chi connectivity index (χ1) is 16.7. The van der Waals surface area contributed by atoms with Gasteiger partial charge in [-0.1, -0.05) is 72.8 Å². The van der Waals surface area contributed by atoms with Gasteiger partial charge >= 0.3 is 0 Å². The van der Waals surface area contributed by atoms with Gasteiger partial charge in [-0.25, -0.2) is 4.98 Å². The van der Waals surface area contributed by atoms with Crippen molar-refractivity contribution in [1.29, 1.82) is 0 Å². The number of aromatic nitrogens is 2. The van der Waals surface area contributed by atoms with E-state index in [0.717, 1.165) is 27.7 Å². The lowest BCUT2D eigenvalue weighted by molar-refractivity contribution is 1.33. The largest absolute Gasteiger partial charge is 0.254 e. The first kappa shape index (κ1) is 20.3. The first-order valence-corrected chi connectivity index (χ1v) is 11.6. The van der Waals surface area contributed by atoms with Crippen molar-refractivity contribution in [2.24, 2.45) is 0 Å². The quantitative estimate of drug-likeness (QED) is 0.260. The molecule has 2 heterocycles. The predicted octanol–water partition coefficient (Wildman–Crippen LogP) is 8.40. The summed E-state index contributed by atoms with van der Waals surface area (Å²) in [4.78, 5) is 9.90. The molecule has 0 aliphatic carbocycles. The zero-order valence-corrected chi connectivity index (χ0v) is 19.3. The number of benzene rings is 4. The maximum absolute atomic E-state index is 5.18. The molecule has 0 atom stereocenters. The highest BCUT2D eigenvalue weighted by atomic mass is 14.8. The van der Waals surface area contributed by atoms with E-state index in [9.17, 15) is 0 Å². The van der Waals surface area contributed by atoms with Crippen molar-refractivity contribution in [3.05, 3.63) is 120 Å². The molecule has 0 saturated carbocycles. The minimum absolute atomic E-state index is 0.956. The molecule has 6 rings (SSSR count). The van der Waals surface area contributed by atoms with Crippen LogP contribution in [0.3, 0.4) is 0 Å². The molecule has 2 heteroatoms. The number of hydrogen-bond donors (Lipinski definition) is 0. The van der Waals surface area contributed by atoms with Crippen LogP contribution in [-0.4, -0.2) is 9.97 Å². The van der Waals surface area contributed by atoms with Crippen molar-refractivity contribution in [1.82, 2.24) is 9.97 Å². The van der Waals surface area contributed by atoms with Crippen LogP contribution in [0, 0.1) is 13.8 Å². The fourth-order valence-corrected chi connectivity index (χ4v) is 4.77. The second kappa shape index (κ2) is 8.24. The summed E-state index contributed by atoms with van der Waals surface area (Å²) >= 11 is 0. The van der Waals surface area contributed by atoms with Crippen LogP contribution in [0.25, 0.3) is 55.3 Å². The van der Waals surface area contributed by atoms with E-state index in [1.54, 1.807) is 0 Å². The van der Waals surface area contributed by atoms with E-state index >= 15 is 0 Å². The molecule has 0 unspecified atom stereocenters. The third-order valence-corrected chi connectivity index (χ3v) is 6.74. The lowest BCUT2D eigenvalue weighted by Crippen LogP contribution is -1.94. The Kier molecular flexibility index (Phi) is 4.92. The van der Waals surface area contributed by atoms with Crippen LogP contribution in [0.5, 0.6) is 0 Å². The Morgan fingerprint density at radius 2 is 1.03 bits per heavy atom. The Labute approximate surface area is 199 Å². The van der Waals surface area contributed by atoms with Gasteiger partial charge in [0, 0.05) is 22.5 Å². The van der Waals surface area contributed by atoms with Crippen LogP contribution in [0.15, 0.2) is 109 Å². The maximum atomic E-state index is 5.18. The van der Waals surface area contributed by atoms with Crippen LogP contribution in [0.4, 0.5) is 0 Å². The highest BCUT2D eigenvalue weighted by Gasteiger charge is 2.13. The van der Waals surface area contributed by atoms with E-state index in [1.165, 1.54) is 38.8 Å². The highest BCUT2D eigenvalue weighted by Crippen LogP contribution is 2.35. The fourth-order valence-electron chi connectivity index (χ4n) is 4.77. The Morgan fingerprint density at radius 3 is 1.65 bits per heavy atom. The van der Waals surface area contributed by atoms with Gasteiger partial charge in [0.15, 0.2) is 0 Å². The molecule has 0 spiro atoms. The Bertz CT molecular complexity index is 1590. The average Bonchev–Trinajstić information content (AvgIpc) is 2.92. The standard InChI is InChI=1S/C32H24N2/c1-21-22(2)29-15-16-30(34-32(29)31-28(21)14-9-17-33-31)27-19-25(23-10-5-3-6-11-23)18-26(20-27)24-12-7-4-8-13-24/h3-20H,1-2H3. The van der Waals surface area contributed by atoms with Crippen molar-refractivity contribution in [3.8, 4) is 33.5 Å². The second-order valence-corrected chi connectivity index (χ2v) is 8.77. The van der Waals surface area contributed by atoms with Gasteiger partial charge in [0.2, 0.25) is 0 Å². The van der Waals surface area contributed by atoms with E-state index in [-0.39, 0.29) is 0 Å². The van der Waals surface area contributed by atoms with Gasteiger partial charge in [-0.3, -0.25) is 4.98 Å². The van der Waals surface area contributed by atoms with Crippen LogP contribution in [-0.2, 0) is 0 Å². The lowest BCUT2D eigenvalue weighted by Gasteiger charge is -2.14. The Balaban J connectivity index is 1.61. The summed E-state index contributed by atoms with van der Waals surface area (Å²) in [7, 11) is 0. The molecule has 34 heavy (non-hydrogen) atoms. The van der Waals surface area contributed by atoms with E-state index in [1.807, 2.05) is 12.3 Å². The third kappa shape index (κ3) is 3.45. The molecule has 0 saturated heterocycles. The molecular formula is C32H24N2. The van der Waals surface area contributed by atoms with Crippen molar-refractivity contribution in [2.75, 3.05) is 0 Å². The van der Waals surface area contributed by atoms with E-state index in [4.69, 9.17) is 9.97 Å². The van der Waals surface area contributed by atoms with E-state index in [0.29, 0.717) is 0 Å². The number of aryl methyl sites for hydroxylation is 2. The van der Waals surface area contributed by atoms with Crippen LogP contribution >= 0.6 is 0 Å². The zero-order chi connectivity index (χ0) is 23.1. The minimum atomic E-state index is 0.956. The molecule has 0 aliphatic rings. The Morgan fingerprint density at radius 1 is 0.471 bits per heavy atom. The predicted molar refractivity (Wildman–Crippen MR) is 143 cm³/mol. The summed E-state index contributed by atoms with van der Waals surface area (Å²) in [5.74, 6) is 0. The monoisotopic (exact) mass is 436 g/mol. The second-order valence-electron chi connectivity index (χ2n) is 8.77. The SMILES string of the molecule is Cc1c(C)c2ccc(-c3cc(-c4ccccc4)cc(-c4ccccc4)c3)nc2c2ncccc12. The number of pyridine rings is 2. The lowest BCUT2D eigenvalue weighted by atomic mass is 9.94. The summed E-state index contributed by atoms with van der Waals surface area (Å²) < 4.78 is 0. The molecule has 2 aromatic heterocycles. The normalized spacial score (nSPS) is 11.2. The van der Waals surface area contributed by atoms with E-state index < -0.39 is 0 Å². The molecule has 2 nitrogen and oxygen atoms in total. The van der Waals surface area contributed by atoms with Gasteiger partial charge in [0.25, 0.3) is 0 Å². The van der Waals surface area contributed by atoms with Crippen molar-refractivity contribution >= 4 is 21.8 Å². The first-order valence-electron chi connectivity index (χ1n) is 11.6. The van der Waals surface area contributed by atoms with Crippen molar-refractivity contribution < 1.29 is 0 Å². The molecule has 0 fully saturated rings. The van der Waals surface area contributed by atoms with Gasteiger partial charge in [0.05, 0.1) is 16.7 Å². The molecule has 162 valence electrons. The topological polar surface area (TPSA) is 25.8 Å². The zero-order valence-electron chi connectivity index (χ0n) is 19.3. The smallest absolute Gasteiger partial charge is 0.0974 e. The van der Waals surface area contributed by atoms with Crippen LogP contribution < -0.4 is 0 Å². The highest BCUT2D eigenvalue weighted by molar-refractivity contribution is 6.07. The van der Waals surface area contributed by atoms with E-state index in [2.05, 4.69) is 111 Å². The molecule has 6 aromatic rings. The molecule has 4 aromatic carbocycles. The molecule has 0 radical (unpaired) electrons. The molecule has 0 N–H and O–H groups in total. The van der Waals surface area contributed by atoms with Gasteiger partial charge in [-0.15, -0.1) is 0 Å². The summed E-state index contributed by atoms with van der Waals surface area (Å²) in [5, 5.41) is 2.33.